The number of nitrogens with zero attached hydrogens (tertiary/aromatic N) is 3. The molecule has 1 aromatic rings. The van der Waals surface area contributed by atoms with E-state index in [-0.39, 0.29) is 0 Å². The van der Waals surface area contributed by atoms with Crippen LogP contribution in [0, 0.1) is 0 Å². The molecule has 2 heterocycles. The van der Waals surface area contributed by atoms with E-state index in [0.29, 0.717) is 11.0 Å². The third-order valence-corrected chi connectivity index (χ3v) is 4.18. The zero-order valence-electron chi connectivity index (χ0n) is 11.7. The summed E-state index contributed by atoms with van der Waals surface area (Å²) in [6, 6.07) is 4.39. The molecule has 2 rings (SSSR count). The van der Waals surface area contributed by atoms with Crippen molar-refractivity contribution in [1.82, 2.24) is 9.88 Å². The Labute approximate surface area is 120 Å². The molecule has 4 nitrogen and oxygen atoms in total. The number of hydrogen-bond donors (Lipinski definition) is 1. The minimum absolute atomic E-state index is 0.429. The first kappa shape index (κ1) is 14.2. The van der Waals surface area contributed by atoms with Gasteiger partial charge in [-0.3, -0.25) is 0 Å². The molecule has 1 aromatic heterocycles. The van der Waals surface area contributed by atoms with Gasteiger partial charge in [-0.15, -0.1) is 0 Å². The molecule has 0 aliphatic carbocycles. The average Bonchev–Trinajstić information content (AvgIpc) is 2.46. The van der Waals surface area contributed by atoms with Gasteiger partial charge >= 0.3 is 0 Å². The van der Waals surface area contributed by atoms with Crippen molar-refractivity contribution in [1.29, 1.82) is 0 Å². The van der Waals surface area contributed by atoms with Crippen LogP contribution in [0.1, 0.15) is 25.3 Å². The number of aromatic nitrogens is 1. The highest BCUT2D eigenvalue weighted by Gasteiger charge is 2.22. The summed E-state index contributed by atoms with van der Waals surface area (Å²) in [6.07, 6.45) is 4.15. The van der Waals surface area contributed by atoms with E-state index in [4.69, 9.17) is 18.0 Å². The maximum absolute atomic E-state index is 5.68. The van der Waals surface area contributed by atoms with E-state index in [0.717, 1.165) is 17.9 Å². The Bertz CT molecular complexity index is 441. The van der Waals surface area contributed by atoms with Gasteiger partial charge in [-0.05, 0) is 31.5 Å². The van der Waals surface area contributed by atoms with Crippen molar-refractivity contribution in [2.45, 2.75) is 25.8 Å². The molecule has 0 amide bonds. The van der Waals surface area contributed by atoms with Crippen LogP contribution in [0.4, 0.5) is 5.82 Å². The van der Waals surface area contributed by atoms with Crippen LogP contribution < -0.4 is 10.6 Å². The van der Waals surface area contributed by atoms with Gasteiger partial charge in [-0.2, -0.15) is 0 Å². The number of piperidine rings is 1. The Morgan fingerprint density at radius 1 is 1.53 bits per heavy atom. The van der Waals surface area contributed by atoms with E-state index < -0.39 is 0 Å². The van der Waals surface area contributed by atoms with E-state index in [2.05, 4.69) is 28.8 Å². The highest BCUT2D eigenvalue weighted by Crippen LogP contribution is 2.21. The van der Waals surface area contributed by atoms with Crippen molar-refractivity contribution in [2.24, 2.45) is 5.73 Å². The average molecular weight is 278 g/mol. The van der Waals surface area contributed by atoms with Crippen molar-refractivity contribution in [3.8, 4) is 0 Å². The standard InChI is InChI=1S/C14H22N4S/c1-3-18-8-5-12(6-9-18)17(2)13-10-11(14(15)19)4-7-16-13/h4,7,10,12H,3,5-6,8-9H2,1-2H3,(H2,15,19). The normalized spacial score (nSPS) is 17.4. The third-order valence-electron chi connectivity index (χ3n) is 3.94. The Hall–Kier alpha value is -1.20. The van der Waals surface area contributed by atoms with Crippen molar-refractivity contribution in [3.63, 3.8) is 0 Å². The van der Waals surface area contributed by atoms with Crippen molar-refractivity contribution in [3.05, 3.63) is 23.9 Å². The molecule has 104 valence electrons. The predicted molar refractivity (Wildman–Crippen MR) is 83.7 cm³/mol. The first-order valence-electron chi connectivity index (χ1n) is 6.83. The van der Waals surface area contributed by atoms with Crippen LogP contribution in [0.15, 0.2) is 18.3 Å². The molecule has 2 N–H and O–H groups in total. The zero-order chi connectivity index (χ0) is 13.8. The molecular formula is C14H22N4S. The van der Waals surface area contributed by atoms with Crippen LogP contribution in [0.2, 0.25) is 0 Å². The predicted octanol–water partition coefficient (Wildman–Crippen LogP) is 1.64. The molecule has 0 radical (unpaired) electrons. The molecule has 0 bridgehead atoms. The van der Waals surface area contributed by atoms with E-state index >= 15 is 0 Å². The summed E-state index contributed by atoms with van der Waals surface area (Å²) < 4.78 is 0. The Morgan fingerprint density at radius 3 is 2.79 bits per heavy atom. The zero-order valence-corrected chi connectivity index (χ0v) is 12.5. The first-order chi connectivity index (χ1) is 9.11. The number of rotatable bonds is 4. The third kappa shape index (κ3) is 3.42. The Balaban J connectivity index is 2.05. The molecule has 0 saturated carbocycles. The van der Waals surface area contributed by atoms with Gasteiger partial charge in [0.25, 0.3) is 0 Å². The molecule has 1 aliphatic heterocycles. The van der Waals surface area contributed by atoms with Crippen LogP contribution in [0.3, 0.4) is 0 Å². The summed E-state index contributed by atoms with van der Waals surface area (Å²) in [4.78, 5) is 9.61. The van der Waals surface area contributed by atoms with Gasteiger partial charge in [0.15, 0.2) is 0 Å². The fourth-order valence-electron chi connectivity index (χ4n) is 2.57. The highest BCUT2D eigenvalue weighted by atomic mass is 32.1. The molecule has 0 atom stereocenters. The summed E-state index contributed by atoms with van der Waals surface area (Å²) >= 11 is 5.02. The minimum atomic E-state index is 0.429. The van der Waals surface area contributed by atoms with Gasteiger partial charge in [0.05, 0.1) is 0 Å². The minimum Gasteiger partial charge on any atom is -0.389 e. The summed E-state index contributed by atoms with van der Waals surface area (Å²) in [6.45, 7) is 5.70. The van der Waals surface area contributed by atoms with E-state index in [1.807, 2.05) is 12.1 Å². The molecule has 5 heteroatoms. The highest BCUT2D eigenvalue weighted by molar-refractivity contribution is 7.80. The molecule has 1 fully saturated rings. The Morgan fingerprint density at radius 2 is 2.21 bits per heavy atom. The van der Waals surface area contributed by atoms with Gasteiger partial charge in [-0.1, -0.05) is 19.1 Å². The smallest absolute Gasteiger partial charge is 0.129 e. The van der Waals surface area contributed by atoms with Gasteiger partial charge in [0.2, 0.25) is 0 Å². The van der Waals surface area contributed by atoms with E-state index in [1.165, 1.54) is 25.9 Å². The van der Waals surface area contributed by atoms with Crippen molar-refractivity contribution in [2.75, 3.05) is 31.6 Å². The Kier molecular flexibility index (Phi) is 4.71. The summed E-state index contributed by atoms with van der Waals surface area (Å²) in [5.74, 6) is 0.959. The maximum Gasteiger partial charge on any atom is 0.129 e. The van der Waals surface area contributed by atoms with Crippen LogP contribution >= 0.6 is 12.2 Å². The second-order valence-corrected chi connectivity index (χ2v) is 5.48. The summed E-state index contributed by atoms with van der Waals surface area (Å²) in [5.41, 5.74) is 6.56. The molecule has 1 aliphatic rings. The number of thiocarbonyl (C=S) groups is 1. The van der Waals surface area contributed by atoms with Gasteiger partial charge in [0.1, 0.15) is 10.8 Å². The van der Waals surface area contributed by atoms with E-state index in [9.17, 15) is 0 Å². The monoisotopic (exact) mass is 278 g/mol. The number of anilines is 1. The number of hydrogen-bond acceptors (Lipinski definition) is 4. The quantitative estimate of drug-likeness (QED) is 0.848. The lowest BCUT2D eigenvalue weighted by atomic mass is 10.0. The van der Waals surface area contributed by atoms with Crippen molar-refractivity contribution >= 4 is 23.0 Å². The fourth-order valence-corrected chi connectivity index (χ4v) is 2.70. The molecule has 19 heavy (non-hydrogen) atoms. The van der Waals surface area contributed by atoms with Gasteiger partial charge in [-0.25, -0.2) is 4.98 Å². The van der Waals surface area contributed by atoms with Gasteiger partial charge in [0, 0.05) is 37.9 Å². The van der Waals surface area contributed by atoms with Crippen LogP contribution in [-0.2, 0) is 0 Å². The second-order valence-electron chi connectivity index (χ2n) is 5.04. The van der Waals surface area contributed by atoms with Crippen molar-refractivity contribution < 1.29 is 0 Å². The van der Waals surface area contributed by atoms with Crippen LogP contribution in [-0.4, -0.2) is 47.6 Å². The molecule has 0 spiro atoms. The van der Waals surface area contributed by atoms with Gasteiger partial charge < -0.3 is 15.5 Å². The fraction of sp³-hybridized carbons (Fsp3) is 0.571. The maximum atomic E-state index is 5.68. The molecule has 0 unspecified atom stereocenters. The molecule has 0 aromatic carbocycles. The lowest BCUT2D eigenvalue weighted by Crippen LogP contribution is -2.43. The number of nitrogens with two attached hydrogens (primary N) is 1. The SMILES string of the molecule is CCN1CCC(N(C)c2cc(C(N)=S)ccn2)CC1. The molecular weight excluding hydrogens is 256 g/mol. The largest absolute Gasteiger partial charge is 0.389 e. The summed E-state index contributed by atoms with van der Waals surface area (Å²) in [7, 11) is 2.11. The number of pyridine rings is 1. The topological polar surface area (TPSA) is 45.4 Å². The lowest BCUT2D eigenvalue weighted by Gasteiger charge is -2.36. The van der Waals surface area contributed by atoms with Crippen LogP contribution in [0.25, 0.3) is 0 Å². The number of likely N-dealkylation sites (tertiary alicyclic amines) is 1. The lowest BCUT2D eigenvalue weighted by molar-refractivity contribution is 0.220. The summed E-state index contributed by atoms with van der Waals surface area (Å²) in [5, 5.41) is 0. The first-order valence-corrected chi connectivity index (χ1v) is 7.23. The second kappa shape index (κ2) is 6.30. The van der Waals surface area contributed by atoms with E-state index in [1.54, 1.807) is 6.20 Å². The van der Waals surface area contributed by atoms with Crippen LogP contribution in [0.5, 0.6) is 0 Å². The molecule has 1 saturated heterocycles.